The van der Waals surface area contributed by atoms with Gasteiger partial charge in [-0.15, -0.1) is 11.3 Å². The summed E-state index contributed by atoms with van der Waals surface area (Å²) in [6, 6.07) is 17.2. The normalized spacial score (nSPS) is 12.0. The van der Waals surface area contributed by atoms with E-state index in [0.717, 1.165) is 21.8 Å². The Balaban J connectivity index is 1.37. The van der Waals surface area contributed by atoms with Gasteiger partial charge in [0.25, 0.3) is 5.91 Å². The first kappa shape index (κ1) is 19.2. The lowest BCUT2D eigenvalue weighted by molar-refractivity contribution is -0.119. The highest BCUT2D eigenvalue weighted by molar-refractivity contribution is 7.17. The molecule has 1 amide bonds. The molecular weight excluding hydrogens is 386 g/mol. The van der Waals surface area contributed by atoms with Crippen molar-refractivity contribution < 1.29 is 19.1 Å². The third-order valence-electron chi connectivity index (χ3n) is 4.72. The maximum Gasteiger partial charge on any atom is 0.348 e. The molecule has 1 aromatic heterocycles. The average Bonchev–Trinajstić information content (AvgIpc) is 3.17. The van der Waals surface area contributed by atoms with Crippen LogP contribution in [0.2, 0.25) is 0 Å². The molecular formula is C23H21NO4S. The summed E-state index contributed by atoms with van der Waals surface area (Å²) < 4.78 is 10.9. The number of fused-ring (bicyclic) bond motifs is 3. The maximum atomic E-state index is 12.4. The number of rotatable bonds is 5. The van der Waals surface area contributed by atoms with Crippen molar-refractivity contribution in [2.45, 2.75) is 26.4 Å². The van der Waals surface area contributed by atoms with Gasteiger partial charge < -0.3 is 14.8 Å². The Kier molecular flexibility index (Phi) is 5.36. The molecule has 0 radical (unpaired) electrons. The van der Waals surface area contributed by atoms with E-state index in [4.69, 9.17) is 9.47 Å². The van der Waals surface area contributed by atoms with Crippen LogP contribution in [0.5, 0.6) is 5.75 Å². The predicted octanol–water partition coefficient (Wildman–Crippen LogP) is 5.23. The number of amides is 1. The molecule has 5 nitrogen and oxygen atoms in total. The number of thiophene rings is 1. The Bertz CT molecular complexity index is 1050. The first-order valence-electron chi connectivity index (χ1n) is 9.43. The minimum Gasteiger partial charge on any atom is -0.488 e. The zero-order valence-electron chi connectivity index (χ0n) is 16.2. The fourth-order valence-electron chi connectivity index (χ4n) is 3.15. The van der Waals surface area contributed by atoms with Crippen molar-refractivity contribution in [3.8, 4) is 16.2 Å². The van der Waals surface area contributed by atoms with Crippen molar-refractivity contribution in [3.05, 3.63) is 70.6 Å². The molecule has 148 valence electrons. The van der Waals surface area contributed by atoms with Crippen LogP contribution in [0.3, 0.4) is 0 Å². The molecule has 0 fully saturated rings. The minimum atomic E-state index is -0.507. The fourth-order valence-corrected chi connectivity index (χ4v) is 4.24. The van der Waals surface area contributed by atoms with E-state index in [1.807, 2.05) is 48.5 Å². The van der Waals surface area contributed by atoms with E-state index >= 15 is 0 Å². The number of benzene rings is 2. The largest absolute Gasteiger partial charge is 0.488 e. The van der Waals surface area contributed by atoms with Gasteiger partial charge in [0.15, 0.2) is 6.61 Å². The van der Waals surface area contributed by atoms with Crippen molar-refractivity contribution in [2.24, 2.45) is 0 Å². The average molecular weight is 407 g/mol. The molecule has 2 aromatic carbocycles. The van der Waals surface area contributed by atoms with Crippen molar-refractivity contribution >= 4 is 28.9 Å². The van der Waals surface area contributed by atoms with E-state index in [1.165, 1.54) is 16.9 Å². The van der Waals surface area contributed by atoms with Crippen LogP contribution in [-0.4, -0.2) is 18.5 Å². The van der Waals surface area contributed by atoms with E-state index in [9.17, 15) is 9.59 Å². The Morgan fingerprint density at radius 3 is 2.66 bits per heavy atom. The van der Waals surface area contributed by atoms with Gasteiger partial charge in [0.1, 0.15) is 17.2 Å². The molecule has 4 rings (SSSR count). The highest BCUT2D eigenvalue weighted by atomic mass is 32.1. The molecule has 0 saturated heterocycles. The van der Waals surface area contributed by atoms with Crippen LogP contribution in [0.25, 0.3) is 10.4 Å². The molecule has 2 heterocycles. The lowest BCUT2D eigenvalue weighted by atomic mass is 10.0. The summed E-state index contributed by atoms with van der Waals surface area (Å²) in [5, 5.41) is 2.74. The Labute approximate surface area is 173 Å². The molecule has 0 unspecified atom stereocenters. The molecule has 29 heavy (non-hydrogen) atoms. The summed E-state index contributed by atoms with van der Waals surface area (Å²) in [4.78, 5) is 26.0. The maximum absolute atomic E-state index is 12.4. The Morgan fingerprint density at radius 1 is 1.14 bits per heavy atom. The summed E-state index contributed by atoms with van der Waals surface area (Å²) in [7, 11) is 0. The zero-order chi connectivity index (χ0) is 20.4. The highest BCUT2D eigenvalue weighted by Gasteiger charge is 2.23. The molecule has 0 aliphatic carbocycles. The van der Waals surface area contributed by atoms with E-state index in [2.05, 4.69) is 19.2 Å². The number of nitrogens with one attached hydrogen (secondary N) is 1. The second-order valence-electron chi connectivity index (χ2n) is 7.15. The van der Waals surface area contributed by atoms with Gasteiger partial charge in [-0.3, -0.25) is 4.79 Å². The van der Waals surface area contributed by atoms with Gasteiger partial charge in [-0.1, -0.05) is 38.1 Å². The van der Waals surface area contributed by atoms with Gasteiger partial charge in [0.2, 0.25) is 0 Å². The molecule has 1 N–H and O–H groups in total. The van der Waals surface area contributed by atoms with E-state index < -0.39 is 5.97 Å². The third-order valence-corrected chi connectivity index (χ3v) is 5.91. The second-order valence-corrected chi connectivity index (χ2v) is 8.20. The topological polar surface area (TPSA) is 64.6 Å². The molecule has 0 saturated carbocycles. The molecule has 0 atom stereocenters. The number of esters is 1. The summed E-state index contributed by atoms with van der Waals surface area (Å²) >= 11 is 1.36. The number of hydrogen-bond donors (Lipinski definition) is 1. The molecule has 3 aromatic rings. The van der Waals surface area contributed by atoms with Gasteiger partial charge in [-0.05, 0) is 41.8 Å². The minimum absolute atomic E-state index is 0.333. The van der Waals surface area contributed by atoms with Crippen LogP contribution in [0.4, 0.5) is 5.69 Å². The first-order chi connectivity index (χ1) is 14.0. The van der Waals surface area contributed by atoms with Gasteiger partial charge >= 0.3 is 5.97 Å². The molecule has 0 bridgehead atoms. The number of carbonyl (C=O) groups excluding carboxylic acids is 2. The van der Waals surface area contributed by atoms with Crippen molar-refractivity contribution in [3.63, 3.8) is 0 Å². The van der Waals surface area contributed by atoms with E-state index in [1.54, 1.807) is 6.07 Å². The Morgan fingerprint density at radius 2 is 1.90 bits per heavy atom. The number of carbonyl (C=O) groups is 2. The first-order valence-corrected chi connectivity index (χ1v) is 10.2. The van der Waals surface area contributed by atoms with E-state index in [-0.39, 0.29) is 12.5 Å². The summed E-state index contributed by atoms with van der Waals surface area (Å²) in [6.45, 7) is 4.31. The fraction of sp³-hybridized carbons (Fsp3) is 0.217. The van der Waals surface area contributed by atoms with E-state index in [0.29, 0.717) is 23.1 Å². The lowest BCUT2D eigenvalue weighted by Gasteiger charge is -2.16. The quantitative estimate of drug-likeness (QED) is 0.589. The van der Waals surface area contributed by atoms with Gasteiger partial charge in [-0.2, -0.15) is 0 Å². The number of anilines is 1. The lowest BCUT2D eigenvalue weighted by Crippen LogP contribution is -2.20. The number of hydrogen-bond acceptors (Lipinski definition) is 5. The second kappa shape index (κ2) is 8.09. The SMILES string of the molecule is CC(C)c1ccc(NC(=O)COC(=O)c2cc3c(s2)-c2ccccc2OC3)cc1. The molecule has 6 heteroatoms. The monoisotopic (exact) mass is 407 g/mol. The summed E-state index contributed by atoms with van der Waals surface area (Å²) in [5.41, 5.74) is 3.80. The predicted molar refractivity (Wildman–Crippen MR) is 114 cm³/mol. The standard InChI is InChI=1S/C23H21NO4S/c1-14(2)15-7-9-17(10-8-15)24-21(25)13-28-23(26)20-11-16-12-27-19-6-4-3-5-18(19)22(16)29-20/h3-11,14H,12-13H2,1-2H3,(H,24,25). The number of ether oxygens (including phenoxy) is 2. The smallest absolute Gasteiger partial charge is 0.348 e. The molecule has 1 aliphatic rings. The van der Waals surface area contributed by atoms with Crippen LogP contribution < -0.4 is 10.1 Å². The van der Waals surface area contributed by atoms with Crippen LogP contribution in [-0.2, 0) is 16.1 Å². The highest BCUT2D eigenvalue weighted by Crippen LogP contribution is 2.42. The molecule has 0 spiro atoms. The summed E-state index contributed by atoms with van der Waals surface area (Å²) in [5.74, 6) is 0.358. The zero-order valence-corrected chi connectivity index (χ0v) is 17.0. The third kappa shape index (κ3) is 4.17. The number of para-hydroxylation sites is 1. The van der Waals surface area contributed by atoms with Crippen molar-refractivity contribution in [1.29, 1.82) is 0 Å². The van der Waals surface area contributed by atoms with Gasteiger partial charge in [0.05, 0.1) is 0 Å². The van der Waals surface area contributed by atoms with Crippen LogP contribution in [0.1, 0.15) is 40.6 Å². The van der Waals surface area contributed by atoms with Crippen molar-refractivity contribution in [1.82, 2.24) is 0 Å². The molecule has 1 aliphatic heterocycles. The van der Waals surface area contributed by atoms with Gasteiger partial charge in [0, 0.05) is 21.7 Å². The Hall–Kier alpha value is -3.12. The summed E-state index contributed by atoms with van der Waals surface area (Å²) in [6.07, 6.45) is 0. The van der Waals surface area contributed by atoms with Gasteiger partial charge in [-0.25, -0.2) is 4.79 Å². The van der Waals surface area contributed by atoms with Crippen LogP contribution in [0.15, 0.2) is 54.6 Å². The van der Waals surface area contributed by atoms with Crippen LogP contribution >= 0.6 is 11.3 Å². The van der Waals surface area contributed by atoms with Crippen molar-refractivity contribution in [2.75, 3.05) is 11.9 Å². The van der Waals surface area contributed by atoms with Crippen LogP contribution in [0, 0.1) is 0 Å².